The highest BCUT2D eigenvalue weighted by Crippen LogP contribution is 2.30. The number of benzene rings is 1. The molecule has 1 aliphatic rings. The molecule has 0 unspecified atom stereocenters. The van der Waals surface area contributed by atoms with Crippen molar-refractivity contribution in [3.05, 3.63) is 63.0 Å². The zero-order chi connectivity index (χ0) is 16.2. The Bertz CT molecular complexity index is 736. The maximum Gasteiger partial charge on any atom is 0.250 e. The van der Waals surface area contributed by atoms with Crippen LogP contribution in [0.3, 0.4) is 0 Å². The number of hydrogen-bond donors (Lipinski definition) is 1. The van der Waals surface area contributed by atoms with E-state index in [0.29, 0.717) is 11.6 Å². The summed E-state index contributed by atoms with van der Waals surface area (Å²) in [5.41, 5.74) is 1.93. The predicted octanol–water partition coefficient (Wildman–Crippen LogP) is 2.99. The molecule has 5 heteroatoms. The SMILES string of the molecule is Cc1cc(Cl)cc(Cn2ccccc2=O)c1OC1CCNCC1. The summed E-state index contributed by atoms with van der Waals surface area (Å²) >= 11 is 6.22. The van der Waals surface area contributed by atoms with Crippen LogP contribution >= 0.6 is 11.6 Å². The fourth-order valence-corrected chi connectivity index (χ4v) is 3.24. The molecule has 3 rings (SSSR count). The van der Waals surface area contributed by atoms with Gasteiger partial charge in [-0.15, -0.1) is 0 Å². The number of nitrogens with one attached hydrogen (secondary N) is 1. The lowest BCUT2D eigenvalue weighted by Crippen LogP contribution is -2.34. The van der Waals surface area contributed by atoms with Crippen molar-refractivity contribution in [2.45, 2.75) is 32.4 Å². The number of aromatic nitrogens is 1. The van der Waals surface area contributed by atoms with Crippen molar-refractivity contribution in [1.82, 2.24) is 9.88 Å². The van der Waals surface area contributed by atoms with Crippen LogP contribution in [0.5, 0.6) is 5.75 Å². The van der Waals surface area contributed by atoms with Gasteiger partial charge in [-0.05, 0) is 56.6 Å². The Kier molecular flexibility index (Phi) is 5.03. The van der Waals surface area contributed by atoms with Gasteiger partial charge in [-0.3, -0.25) is 4.79 Å². The molecule has 0 aliphatic carbocycles. The van der Waals surface area contributed by atoms with E-state index in [1.165, 1.54) is 0 Å². The lowest BCUT2D eigenvalue weighted by Gasteiger charge is -2.26. The Balaban J connectivity index is 1.91. The van der Waals surface area contributed by atoms with Crippen LogP contribution in [0.15, 0.2) is 41.3 Å². The van der Waals surface area contributed by atoms with Gasteiger partial charge in [0, 0.05) is 22.8 Å². The molecule has 122 valence electrons. The van der Waals surface area contributed by atoms with Gasteiger partial charge in [0.05, 0.1) is 6.54 Å². The zero-order valence-corrected chi connectivity index (χ0v) is 14.0. The molecule has 4 nitrogen and oxygen atoms in total. The minimum atomic E-state index is -0.0297. The summed E-state index contributed by atoms with van der Waals surface area (Å²) in [7, 11) is 0. The molecule has 1 fully saturated rings. The normalized spacial score (nSPS) is 15.6. The molecule has 0 spiro atoms. The van der Waals surface area contributed by atoms with E-state index in [9.17, 15) is 4.79 Å². The van der Waals surface area contributed by atoms with Crippen molar-refractivity contribution in [3.8, 4) is 5.75 Å². The number of nitrogens with zero attached hydrogens (tertiary/aromatic N) is 1. The van der Waals surface area contributed by atoms with Gasteiger partial charge in [0.1, 0.15) is 11.9 Å². The summed E-state index contributed by atoms with van der Waals surface area (Å²) in [6.45, 7) is 4.41. The molecule has 0 radical (unpaired) electrons. The molecule has 0 bridgehead atoms. The second kappa shape index (κ2) is 7.20. The van der Waals surface area contributed by atoms with Crippen molar-refractivity contribution < 1.29 is 4.74 Å². The van der Waals surface area contributed by atoms with Gasteiger partial charge >= 0.3 is 0 Å². The summed E-state index contributed by atoms with van der Waals surface area (Å²) in [6, 6.07) is 8.96. The fourth-order valence-electron chi connectivity index (χ4n) is 2.94. The van der Waals surface area contributed by atoms with Crippen LogP contribution in [-0.4, -0.2) is 23.8 Å². The minimum Gasteiger partial charge on any atom is -0.490 e. The van der Waals surface area contributed by atoms with E-state index in [-0.39, 0.29) is 11.7 Å². The molecule has 2 heterocycles. The van der Waals surface area contributed by atoms with E-state index in [1.54, 1.807) is 22.9 Å². The number of pyridine rings is 1. The first-order chi connectivity index (χ1) is 11.1. The molecule has 23 heavy (non-hydrogen) atoms. The topological polar surface area (TPSA) is 43.3 Å². The van der Waals surface area contributed by atoms with Crippen molar-refractivity contribution in [2.24, 2.45) is 0 Å². The molecule has 2 aromatic rings. The number of hydrogen-bond acceptors (Lipinski definition) is 3. The molecule has 0 saturated carbocycles. The molecule has 1 saturated heterocycles. The van der Waals surface area contributed by atoms with Crippen molar-refractivity contribution in [1.29, 1.82) is 0 Å². The highest BCUT2D eigenvalue weighted by Gasteiger charge is 2.18. The highest BCUT2D eigenvalue weighted by molar-refractivity contribution is 6.30. The molecule has 1 N–H and O–H groups in total. The first-order valence-electron chi connectivity index (χ1n) is 7.95. The number of piperidine rings is 1. The van der Waals surface area contributed by atoms with E-state index in [4.69, 9.17) is 16.3 Å². The van der Waals surface area contributed by atoms with Crippen LogP contribution in [0.4, 0.5) is 0 Å². The summed E-state index contributed by atoms with van der Waals surface area (Å²) < 4.78 is 7.94. The van der Waals surface area contributed by atoms with Crippen molar-refractivity contribution in [3.63, 3.8) is 0 Å². The molecular weight excluding hydrogens is 312 g/mol. The van der Waals surface area contributed by atoms with Crippen LogP contribution in [0.25, 0.3) is 0 Å². The molecule has 0 atom stereocenters. The third-order valence-electron chi connectivity index (χ3n) is 4.13. The Labute approximate surface area is 141 Å². The Morgan fingerprint density at radius 1 is 1.30 bits per heavy atom. The molecular formula is C18H21ClN2O2. The van der Waals surface area contributed by atoms with E-state index >= 15 is 0 Å². The van der Waals surface area contributed by atoms with Gasteiger partial charge in [0.15, 0.2) is 0 Å². The smallest absolute Gasteiger partial charge is 0.250 e. The monoisotopic (exact) mass is 332 g/mol. The molecule has 1 aromatic carbocycles. The summed E-state index contributed by atoms with van der Waals surface area (Å²) in [5, 5.41) is 4.01. The molecule has 1 aromatic heterocycles. The third-order valence-corrected chi connectivity index (χ3v) is 4.34. The third kappa shape index (κ3) is 3.95. The standard InChI is InChI=1S/C18H21ClN2O2/c1-13-10-15(19)11-14(12-21-9-3-2-4-17(21)22)18(13)23-16-5-7-20-8-6-16/h2-4,9-11,16,20H,5-8,12H2,1H3. The van der Waals surface area contributed by atoms with E-state index < -0.39 is 0 Å². The Morgan fingerprint density at radius 3 is 2.83 bits per heavy atom. The summed E-state index contributed by atoms with van der Waals surface area (Å²) in [6.07, 6.45) is 3.98. The Morgan fingerprint density at radius 2 is 2.09 bits per heavy atom. The van der Waals surface area contributed by atoms with Crippen molar-refractivity contribution in [2.75, 3.05) is 13.1 Å². The summed E-state index contributed by atoms with van der Waals surface area (Å²) in [5.74, 6) is 0.858. The van der Waals surface area contributed by atoms with Crippen LogP contribution in [0.2, 0.25) is 5.02 Å². The first-order valence-corrected chi connectivity index (χ1v) is 8.33. The van der Waals surface area contributed by atoms with Gasteiger partial charge in [0.2, 0.25) is 0 Å². The number of halogens is 1. The van der Waals surface area contributed by atoms with E-state index in [0.717, 1.165) is 42.8 Å². The van der Waals surface area contributed by atoms with Crippen LogP contribution in [-0.2, 0) is 6.54 Å². The van der Waals surface area contributed by atoms with Crippen LogP contribution in [0, 0.1) is 6.92 Å². The second-order valence-corrected chi connectivity index (χ2v) is 6.38. The summed E-state index contributed by atoms with van der Waals surface area (Å²) in [4.78, 5) is 12.0. The van der Waals surface area contributed by atoms with Gasteiger partial charge in [0.25, 0.3) is 5.56 Å². The first kappa shape index (κ1) is 16.1. The second-order valence-electron chi connectivity index (χ2n) is 5.94. The van der Waals surface area contributed by atoms with Gasteiger partial charge in [-0.2, -0.15) is 0 Å². The largest absolute Gasteiger partial charge is 0.490 e. The van der Waals surface area contributed by atoms with Gasteiger partial charge < -0.3 is 14.6 Å². The van der Waals surface area contributed by atoms with Crippen molar-refractivity contribution >= 4 is 11.6 Å². The Hall–Kier alpha value is -1.78. The quantitative estimate of drug-likeness (QED) is 0.936. The minimum absolute atomic E-state index is 0.0297. The maximum absolute atomic E-state index is 12.0. The fraction of sp³-hybridized carbons (Fsp3) is 0.389. The van der Waals surface area contributed by atoms with E-state index in [2.05, 4.69) is 5.32 Å². The number of aryl methyl sites for hydroxylation is 1. The average molecular weight is 333 g/mol. The molecule has 1 aliphatic heterocycles. The zero-order valence-electron chi connectivity index (χ0n) is 13.2. The number of ether oxygens (including phenoxy) is 1. The van der Waals surface area contributed by atoms with E-state index in [1.807, 2.05) is 25.1 Å². The van der Waals surface area contributed by atoms with Gasteiger partial charge in [-0.25, -0.2) is 0 Å². The number of rotatable bonds is 4. The molecule has 0 amide bonds. The van der Waals surface area contributed by atoms with Gasteiger partial charge in [-0.1, -0.05) is 17.7 Å². The lowest BCUT2D eigenvalue weighted by molar-refractivity contribution is 0.159. The highest BCUT2D eigenvalue weighted by atomic mass is 35.5. The lowest BCUT2D eigenvalue weighted by atomic mass is 10.1. The maximum atomic E-state index is 12.0. The van der Waals surface area contributed by atoms with Crippen LogP contribution < -0.4 is 15.6 Å². The van der Waals surface area contributed by atoms with Crippen LogP contribution in [0.1, 0.15) is 24.0 Å². The predicted molar refractivity (Wildman–Crippen MR) is 92.5 cm³/mol. The average Bonchev–Trinajstić information content (AvgIpc) is 2.54.